The molecule has 0 bridgehead atoms. The van der Waals surface area contributed by atoms with Crippen LogP contribution in [-0.2, 0) is 0 Å². The van der Waals surface area contributed by atoms with Gasteiger partial charge in [0.2, 0.25) is 0 Å². The first kappa shape index (κ1) is 13.3. The van der Waals surface area contributed by atoms with Gasteiger partial charge in [-0.25, -0.2) is 0 Å². The molecule has 0 radical (unpaired) electrons. The Hall–Kier alpha value is -1.69. The standard InChI is InChI=1S/C14H18N4OS/c1-7-4-5-18(6-7)14(19)12-11(15)10-8(2)9(3)16-17-13(10)20-12/h7H,4-6,15H2,1-3H3. The predicted molar refractivity (Wildman–Crippen MR) is 81.0 cm³/mol. The van der Waals surface area contributed by atoms with Gasteiger partial charge >= 0.3 is 0 Å². The van der Waals surface area contributed by atoms with Crippen LogP contribution >= 0.6 is 11.3 Å². The van der Waals surface area contributed by atoms with E-state index in [4.69, 9.17) is 5.73 Å². The van der Waals surface area contributed by atoms with Gasteiger partial charge in [0.15, 0.2) is 0 Å². The topological polar surface area (TPSA) is 72.1 Å². The summed E-state index contributed by atoms with van der Waals surface area (Å²) in [6.07, 6.45) is 1.06. The van der Waals surface area contributed by atoms with Gasteiger partial charge in [0, 0.05) is 18.5 Å². The van der Waals surface area contributed by atoms with Crippen LogP contribution in [-0.4, -0.2) is 34.1 Å². The minimum absolute atomic E-state index is 0.0342. The van der Waals surface area contributed by atoms with E-state index < -0.39 is 0 Å². The number of hydrogen-bond acceptors (Lipinski definition) is 5. The van der Waals surface area contributed by atoms with E-state index in [9.17, 15) is 4.79 Å². The zero-order valence-electron chi connectivity index (χ0n) is 11.9. The van der Waals surface area contributed by atoms with Crippen LogP contribution in [0.5, 0.6) is 0 Å². The number of hydrogen-bond donors (Lipinski definition) is 1. The van der Waals surface area contributed by atoms with Crippen LogP contribution < -0.4 is 5.73 Å². The van der Waals surface area contributed by atoms with Gasteiger partial charge in [-0.1, -0.05) is 6.92 Å². The second-order valence-corrected chi connectivity index (χ2v) is 6.58. The highest BCUT2D eigenvalue weighted by atomic mass is 32.1. The monoisotopic (exact) mass is 290 g/mol. The van der Waals surface area contributed by atoms with Gasteiger partial charge in [-0.3, -0.25) is 4.79 Å². The maximum absolute atomic E-state index is 12.6. The van der Waals surface area contributed by atoms with E-state index in [1.165, 1.54) is 11.3 Å². The number of thiophene rings is 1. The van der Waals surface area contributed by atoms with Gasteiger partial charge in [-0.15, -0.1) is 16.4 Å². The van der Waals surface area contributed by atoms with E-state index in [0.29, 0.717) is 16.5 Å². The molecule has 0 aliphatic carbocycles. The first-order chi connectivity index (χ1) is 9.49. The molecule has 20 heavy (non-hydrogen) atoms. The minimum atomic E-state index is 0.0342. The average molecular weight is 290 g/mol. The molecule has 1 atom stereocenters. The van der Waals surface area contributed by atoms with Crippen molar-refractivity contribution in [3.8, 4) is 0 Å². The highest BCUT2D eigenvalue weighted by Crippen LogP contribution is 2.36. The van der Waals surface area contributed by atoms with Crippen LogP contribution in [0.3, 0.4) is 0 Å². The summed E-state index contributed by atoms with van der Waals surface area (Å²) in [5.41, 5.74) is 8.64. The number of amides is 1. The van der Waals surface area contributed by atoms with Crippen molar-refractivity contribution in [2.75, 3.05) is 18.8 Å². The molecular formula is C14H18N4OS. The predicted octanol–water partition coefficient (Wildman–Crippen LogP) is 2.37. The Morgan fingerprint density at radius 1 is 1.40 bits per heavy atom. The van der Waals surface area contributed by atoms with Crippen molar-refractivity contribution in [3.05, 3.63) is 16.1 Å². The maximum Gasteiger partial charge on any atom is 0.266 e. The third kappa shape index (κ3) is 1.95. The fraction of sp³-hybridized carbons (Fsp3) is 0.500. The van der Waals surface area contributed by atoms with E-state index in [2.05, 4.69) is 17.1 Å². The van der Waals surface area contributed by atoms with Gasteiger partial charge in [0.1, 0.15) is 9.71 Å². The van der Waals surface area contributed by atoms with Crippen LogP contribution in [0.4, 0.5) is 5.69 Å². The molecule has 5 nitrogen and oxygen atoms in total. The number of nitrogens with two attached hydrogens (primary N) is 1. The smallest absolute Gasteiger partial charge is 0.266 e. The molecule has 1 saturated heterocycles. The fourth-order valence-electron chi connectivity index (χ4n) is 2.66. The van der Waals surface area contributed by atoms with Gasteiger partial charge < -0.3 is 10.6 Å². The lowest BCUT2D eigenvalue weighted by Gasteiger charge is -2.15. The Morgan fingerprint density at radius 3 is 2.80 bits per heavy atom. The number of fused-ring (bicyclic) bond motifs is 1. The Kier molecular flexibility index (Phi) is 3.12. The van der Waals surface area contributed by atoms with E-state index in [0.717, 1.165) is 41.0 Å². The number of aryl methyl sites for hydroxylation is 2. The van der Waals surface area contributed by atoms with Gasteiger partial charge in [-0.05, 0) is 31.7 Å². The molecule has 1 aliphatic rings. The zero-order valence-corrected chi connectivity index (χ0v) is 12.8. The lowest BCUT2D eigenvalue weighted by atomic mass is 10.1. The van der Waals surface area contributed by atoms with Crippen molar-refractivity contribution < 1.29 is 4.79 Å². The molecule has 6 heteroatoms. The molecule has 3 rings (SSSR count). The summed E-state index contributed by atoms with van der Waals surface area (Å²) in [5.74, 6) is 0.602. The van der Waals surface area contributed by atoms with Crippen molar-refractivity contribution in [2.45, 2.75) is 27.2 Å². The molecule has 0 saturated carbocycles. The third-order valence-electron chi connectivity index (χ3n) is 4.04. The number of likely N-dealkylation sites (tertiary alicyclic amines) is 1. The number of nitrogen functional groups attached to an aromatic ring is 1. The Bertz CT molecular complexity index is 694. The van der Waals surface area contributed by atoms with Gasteiger partial charge in [0.05, 0.1) is 11.4 Å². The SMILES string of the molecule is Cc1nnc2sc(C(=O)N3CCC(C)C3)c(N)c2c1C. The average Bonchev–Trinajstić information content (AvgIpc) is 2.98. The van der Waals surface area contributed by atoms with Crippen molar-refractivity contribution >= 4 is 33.1 Å². The maximum atomic E-state index is 12.6. The van der Waals surface area contributed by atoms with Crippen molar-refractivity contribution in [1.82, 2.24) is 15.1 Å². The first-order valence-corrected chi connectivity index (χ1v) is 7.61. The molecule has 0 aromatic carbocycles. The van der Waals surface area contributed by atoms with Crippen LogP contribution in [0.1, 0.15) is 34.3 Å². The van der Waals surface area contributed by atoms with Crippen molar-refractivity contribution in [1.29, 1.82) is 0 Å². The summed E-state index contributed by atoms with van der Waals surface area (Å²) >= 11 is 1.35. The second kappa shape index (κ2) is 4.70. The number of rotatable bonds is 1. The Morgan fingerprint density at radius 2 is 2.15 bits per heavy atom. The van der Waals surface area contributed by atoms with E-state index in [1.54, 1.807) is 0 Å². The Labute approximate surface area is 121 Å². The molecule has 106 valence electrons. The highest BCUT2D eigenvalue weighted by Gasteiger charge is 2.28. The fourth-order valence-corrected chi connectivity index (χ4v) is 3.73. The lowest BCUT2D eigenvalue weighted by Crippen LogP contribution is -2.28. The summed E-state index contributed by atoms with van der Waals surface area (Å²) in [6.45, 7) is 7.68. The summed E-state index contributed by atoms with van der Waals surface area (Å²) in [4.78, 5) is 15.8. The number of aromatic nitrogens is 2. The largest absolute Gasteiger partial charge is 0.397 e. The molecule has 1 amide bonds. The molecule has 2 N–H and O–H groups in total. The molecule has 2 aromatic heterocycles. The molecule has 2 aromatic rings. The number of carbonyl (C=O) groups is 1. The van der Waals surface area contributed by atoms with Crippen LogP contribution in [0.15, 0.2) is 0 Å². The van der Waals surface area contributed by atoms with E-state index in [1.807, 2.05) is 18.7 Å². The van der Waals surface area contributed by atoms with E-state index >= 15 is 0 Å². The van der Waals surface area contributed by atoms with E-state index in [-0.39, 0.29) is 5.91 Å². The highest BCUT2D eigenvalue weighted by molar-refractivity contribution is 7.21. The van der Waals surface area contributed by atoms with Crippen molar-refractivity contribution in [2.24, 2.45) is 5.92 Å². The normalized spacial score (nSPS) is 18.9. The quantitative estimate of drug-likeness (QED) is 0.875. The lowest BCUT2D eigenvalue weighted by molar-refractivity contribution is 0.0794. The minimum Gasteiger partial charge on any atom is -0.397 e. The summed E-state index contributed by atoms with van der Waals surface area (Å²) < 4.78 is 0. The van der Waals surface area contributed by atoms with Gasteiger partial charge in [-0.2, -0.15) is 5.10 Å². The summed E-state index contributed by atoms with van der Waals surface area (Å²) in [5, 5.41) is 9.16. The molecule has 1 unspecified atom stereocenters. The van der Waals surface area contributed by atoms with Crippen LogP contribution in [0.2, 0.25) is 0 Å². The molecule has 1 fully saturated rings. The molecule has 3 heterocycles. The number of nitrogens with zero attached hydrogens (tertiary/aromatic N) is 3. The Balaban J connectivity index is 2.06. The van der Waals surface area contributed by atoms with Crippen LogP contribution in [0.25, 0.3) is 10.2 Å². The number of carbonyl (C=O) groups excluding carboxylic acids is 1. The zero-order chi connectivity index (χ0) is 14.4. The first-order valence-electron chi connectivity index (χ1n) is 6.80. The summed E-state index contributed by atoms with van der Waals surface area (Å²) in [7, 11) is 0. The van der Waals surface area contributed by atoms with Crippen molar-refractivity contribution in [3.63, 3.8) is 0 Å². The molecular weight excluding hydrogens is 272 g/mol. The second-order valence-electron chi connectivity index (χ2n) is 5.58. The summed E-state index contributed by atoms with van der Waals surface area (Å²) in [6, 6.07) is 0. The molecule has 0 spiro atoms. The third-order valence-corrected chi connectivity index (χ3v) is 5.12. The van der Waals surface area contributed by atoms with Crippen LogP contribution in [0, 0.1) is 19.8 Å². The van der Waals surface area contributed by atoms with Gasteiger partial charge in [0.25, 0.3) is 5.91 Å². The number of anilines is 1. The molecule has 1 aliphatic heterocycles.